The van der Waals surface area contributed by atoms with Crippen molar-refractivity contribution in [3.63, 3.8) is 0 Å². The second-order valence-corrected chi connectivity index (χ2v) is 5.23. The Bertz CT molecular complexity index is 328. The standard InChI is InChI=1S/C11H16N2S2/c1-4-6-14-7-5-12-9(2)11-10(3)13-8-15-11/h1,8-9,12H,5-7H2,2-3H3. The largest absolute Gasteiger partial charge is 0.309 e. The monoisotopic (exact) mass is 240 g/mol. The molecule has 0 amide bonds. The lowest BCUT2D eigenvalue weighted by Crippen LogP contribution is -2.21. The lowest BCUT2D eigenvalue weighted by molar-refractivity contribution is 0.606. The van der Waals surface area contributed by atoms with E-state index < -0.39 is 0 Å². The number of aromatic nitrogens is 1. The molecule has 0 bridgehead atoms. The molecule has 15 heavy (non-hydrogen) atoms. The number of aryl methyl sites for hydroxylation is 1. The van der Waals surface area contributed by atoms with E-state index in [0.29, 0.717) is 6.04 Å². The lowest BCUT2D eigenvalue weighted by atomic mass is 10.2. The second-order valence-electron chi connectivity index (χ2n) is 3.23. The first kappa shape index (κ1) is 12.6. The Morgan fingerprint density at radius 1 is 1.73 bits per heavy atom. The third-order valence-electron chi connectivity index (χ3n) is 2.06. The van der Waals surface area contributed by atoms with Crippen LogP contribution in [0.5, 0.6) is 0 Å². The summed E-state index contributed by atoms with van der Waals surface area (Å²) in [6.07, 6.45) is 5.17. The average Bonchev–Trinajstić information content (AvgIpc) is 2.64. The Kier molecular flexibility index (Phi) is 5.77. The van der Waals surface area contributed by atoms with Crippen LogP contribution in [0.1, 0.15) is 23.5 Å². The maximum atomic E-state index is 5.17. The quantitative estimate of drug-likeness (QED) is 0.611. The topological polar surface area (TPSA) is 24.9 Å². The number of nitrogens with zero attached hydrogens (tertiary/aromatic N) is 1. The zero-order valence-corrected chi connectivity index (χ0v) is 10.8. The van der Waals surface area contributed by atoms with Crippen LogP contribution in [0.4, 0.5) is 0 Å². The van der Waals surface area contributed by atoms with Crippen molar-refractivity contribution in [2.75, 3.05) is 18.1 Å². The van der Waals surface area contributed by atoms with Gasteiger partial charge in [-0.3, -0.25) is 0 Å². The zero-order valence-electron chi connectivity index (χ0n) is 9.12. The van der Waals surface area contributed by atoms with Gasteiger partial charge in [-0.15, -0.1) is 29.5 Å². The van der Waals surface area contributed by atoms with E-state index >= 15 is 0 Å². The first-order valence-corrected chi connectivity index (χ1v) is 6.93. The summed E-state index contributed by atoms with van der Waals surface area (Å²) in [5.74, 6) is 4.48. The van der Waals surface area contributed by atoms with Crippen LogP contribution in [0.3, 0.4) is 0 Å². The number of nitrogens with one attached hydrogen (secondary N) is 1. The van der Waals surface area contributed by atoms with Crippen LogP contribution in [-0.2, 0) is 0 Å². The third-order valence-corrected chi connectivity index (χ3v) is 4.04. The van der Waals surface area contributed by atoms with E-state index in [-0.39, 0.29) is 0 Å². The highest BCUT2D eigenvalue weighted by molar-refractivity contribution is 7.99. The van der Waals surface area contributed by atoms with E-state index in [0.717, 1.165) is 23.7 Å². The Labute approximate surface area is 99.9 Å². The van der Waals surface area contributed by atoms with Crippen molar-refractivity contribution < 1.29 is 0 Å². The highest BCUT2D eigenvalue weighted by Crippen LogP contribution is 2.20. The van der Waals surface area contributed by atoms with Gasteiger partial charge in [0, 0.05) is 23.2 Å². The summed E-state index contributed by atoms with van der Waals surface area (Å²) in [5, 5.41) is 3.47. The molecule has 1 aromatic heterocycles. The number of terminal acetylenes is 1. The van der Waals surface area contributed by atoms with E-state index in [2.05, 4.69) is 30.1 Å². The van der Waals surface area contributed by atoms with Gasteiger partial charge >= 0.3 is 0 Å². The van der Waals surface area contributed by atoms with Crippen molar-refractivity contribution in [1.29, 1.82) is 0 Å². The molecule has 1 heterocycles. The molecule has 0 aliphatic carbocycles. The summed E-state index contributed by atoms with van der Waals surface area (Å²) in [5.41, 5.74) is 3.03. The van der Waals surface area contributed by atoms with Crippen LogP contribution in [0, 0.1) is 19.3 Å². The molecule has 82 valence electrons. The van der Waals surface area contributed by atoms with Crippen molar-refractivity contribution in [3.8, 4) is 12.3 Å². The Morgan fingerprint density at radius 2 is 2.53 bits per heavy atom. The van der Waals surface area contributed by atoms with Crippen molar-refractivity contribution >= 4 is 23.1 Å². The summed E-state index contributed by atoms with van der Waals surface area (Å²) in [6.45, 7) is 5.22. The number of hydrogen-bond donors (Lipinski definition) is 1. The maximum Gasteiger partial charge on any atom is 0.0798 e. The molecule has 0 aromatic carbocycles. The average molecular weight is 240 g/mol. The summed E-state index contributed by atoms with van der Waals surface area (Å²) < 4.78 is 0. The van der Waals surface area contributed by atoms with Crippen molar-refractivity contribution in [1.82, 2.24) is 10.3 Å². The van der Waals surface area contributed by atoms with Gasteiger partial charge in [0.25, 0.3) is 0 Å². The molecular weight excluding hydrogens is 224 g/mol. The molecule has 0 spiro atoms. The van der Waals surface area contributed by atoms with Gasteiger partial charge < -0.3 is 5.32 Å². The summed E-state index contributed by atoms with van der Waals surface area (Å²) in [6, 6.07) is 0.393. The highest BCUT2D eigenvalue weighted by atomic mass is 32.2. The molecule has 0 saturated heterocycles. The van der Waals surface area contributed by atoms with Crippen LogP contribution in [0.15, 0.2) is 5.51 Å². The third kappa shape index (κ3) is 4.25. The number of hydrogen-bond acceptors (Lipinski definition) is 4. The minimum atomic E-state index is 0.393. The molecule has 1 N–H and O–H groups in total. The second kappa shape index (κ2) is 6.89. The molecule has 1 rings (SSSR count). The Balaban J connectivity index is 2.23. The first-order valence-electron chi connectivity index (χ1n) is 4.90. The molecule has 0 aliphatic rings. The van der Waals surface area contributed by atoms with E-state index in [1.54, 1.807) is 23.1 Å². The number of rotatable bonds is 6. The van der Waals surface area contributed by atoms with E-state index in [4.69, 9.17) is 6.42 Å². The van der Waals surface area contributed by atoms with Crippen LogP contribution in [-0.4, -0.2) is 23.0 Å². The molecule has 1 aromatic rings. The van der Waals surface area contributed by atoms with Gasteiger partial charge in [0.15, 0.2) is 0 Å². The molecule has 2 nitrogen and oxygen atoms in total. The van der Waals surface area contributed by atoms with Gasteiger partial charge in [-0.1, -0.05) is 5.92 Å². The molecular formula is C11H16N2S2. The van der Waals surface area contributed by atoms with Gasteiger partial charge in [-0.25, -0.2) is 4.98 Å². The molecule has 0 saturated carbocycles. The van der Waals surface area contributed by atoms with Gasteiger partial charge in [0.1, 0.15) is 0 Å². The fraction of sp³-hybridized carbons (Fsp3) is 0.545. The van der Waals surface area contributed by atoms with Crippen LogP contribution in [0.25, 0.3) is 0 Å². The molecule has 0 radical (unpaired) electrons. The fourth-order valence-corrected chi connectivity index (χ4v) is 2.66. The minimum Gasteiger partial charge on any atom is -0.309 e. The van der Waals surface area contributed by atoms with Gasteiger partial charge in [0.2, 0.25) is 0 Å². The van der Waals surface area contributed by atoms with Crippen LogP contribution in [0.2, 0.25) is 0 Å². The predicted octanol–water partition coefficient (Wildman–Crippen LogP) is 2.47. The minimum absolute atomic E-state index is 0.393. The van der Waals surface area contributed by atoms with E-state index in [1.807, 2.05) is 5.51 Å². The number of thiazole rings is 1. The zero-order chi connectivity index (χ0) is 11.1. The van der Waals surface area contributed by atoms with Crippen LogP contribution < -0.4 is 5.32 Å². The smallest absolute Gasteiger partial charge is 0.0798 e. The molecule has 0 fully saturated rings. The summed E-state index contributed by atoms with van der Waals surface area (Å²) in [7, 11) is 0. The van der Waals surface area contributed by atoms with Gasteiger partial charge in [-0.05, 0) is 13.8 Å². The van der Waals surface area contributed by atoms with Crippen molar-refractivity contribution in [2.24, 2.45) is 0 Å². The highest BCUT2D eigenvalue weighted by Gasteiger charge is 2.09. The van der Waals surface area contributed by atoms with E-state index in [1.165, 1.54) is 4.88 Å². The predicted molar refractivity (Wildman–Crippen MR) is 69.4 cm³/mol. The van der Waals surface area contributed by atoms with Crippen molar-refractivity contribution in [3.05, 3.63) is 16.1 Å². The van der Waals surface area contributed by atoms with Crippen LogP contribution >= 0.6 is 23.1 Å². The fourth-order valence-electron chi connectivity index (χ4n) is 1.30. The molecule has 1 atom stereocenters. The van der Waals surface area contributed by atoms with Gasteiger partial charge in [-0.2, -0.15) is 0 Å². The summed E-state index contributed by atoms with van der Waals surface area (Å²) >= 11 is 3.50. The Hall–Kier alpha value is -0.500. The van der Waals surface area contributed by atoms with Crippen molar-refractivity contribution in [2.45, 2.75) is 19.9 Å². The summed E-state index contributed by atoms with van der Waals surface area (Å²) in [4.78, 5) is 5.57. The molecule has 1 unspecified atom stereocenters. The number of thioether (sulfide) groups is 1. The Morgan fingerprint density at radius 3 is 3.13 bits per heavy atom. The normalized spacial score (nSPS) is 12.3. The first-order chi connectivity index (χ1) is 7.25. The molecule has 4 heteroatoms. The van der Waals surface area contributed by atoms with Gasteiger partial charge in [0.05, 0.1) is 17.0 Å². The SMILES string of the molecule is C#CCSCCNC(C)c1scnc1C. The lowest BCUT2D eigenvalue weighted by Gasteiger charge is -2.12. The maximum absolute atomic E-state index is 5.17. The van der Waals surface area contributed by atoms with E-state index in [9.17, 15) is 0 Å². The molecule has 0 aliphatic heterocycles.